The van der Waals surface area contributed by atoms with Gasteiger partial charge in [0.1, 0.15) is 18.9 Å². The molecular formula is C20H20N2O3S. The van der Waals surface area contributed by atoms with Crippen LogP contribution in [-0.4, -0.2) is 23.6 Å². The Kier molecular flexibility index (Phi) is 5.86. The fourth-order valence-electron chi connectivity index (χ4n) is 2.60. The van der Waals surface area contributed by atoms with Crippen molar-refractivity contribution in [2.45, 2.75) is 13.5 Å². The van der Waals surface area contributed by atoms with E-state index in [2.05, 4.69) is 5.32 Å². The third-order valence-electron chi connectivity index (χ3n) is 3.93. The third kappa shape index (κ3) is 4.40. The van der Waals surface area contributed by atoms with Gasteiger partial charge in [0.05, 0.1) is 6.54 Å². The average Bonchev–Trinajstić information content (AvgIpc) is 2.98. The molecule has 0 atom stereocenters. The Labute approximate surface area is 155 Å². The number of nitrogens with zero attached hydrogens (tertiary/aromatic N) is 1. The minimum Gasteiger partial charge on any atom is -0.491 e. The van der Waals surface area contributed by atoms with Gasteiger partial charge in [-0.2, -0.15) is 0 Å². The quantitative estimate of drug-likeness (QED) is 0.652. The second kappa shape index (κ2) is 8.49. The molecule has 1 heterocycles. The first kappa shape index (κ1) is 17.9. The summed E-state index contributed by atoms with van der Waals surface area (Å²) in [6.45, 7) is 2.58. The van der Waals surface area contributed by atoms with E-state index in [0.29, 0.717) is 13.2 Å². The minimum absolute atomic E-state index is 0.0365. The van der Waals surface area contributed by atoms with Crippen LogP contribution in [0.5, 0.6) is 5.75 Å². The molecule has 0 unspecified atom stereocenters. The van der Waals surface area contributed by atoms with Gasteiger partial charge in [-0.1, -0.05) is 59.9 Å². The highest BCUT2D eigenvalue weighted by Gasteiger charge is 2.09. The standard InChI is InChI=1S/C20H20N2O3S/c1-15-14-26-20(24)22(15)13-19(23)21-11-12-25-18-10-6-5-9-17(18)16-7-3-2-4-8-16/h2-10,14H,11-13H2,1H3,(H,21,23). The van der Waals surface area contributed by atoms with Crippen molar-refractivity contribution in [2.24, 2.45) is 0 Å². The lowest BCUT2D eigenvalue weighted by Gasteiger charge is -2.12. The first-order valence-electron chi connectivity index (χ1n) is 8.34. The first-order chi connectivity index (χ1) is 12.6. The molecule has 5 nitrogen and oxygen atoms in total. The lowest BCUT2D eigenvalue weighted by Crippen LogP contribution is -2.33. The highest BCUT2D eigenvalue weighted by molar-refractivity contribution is 7.07. The normalized spacial score (nSPS) is 10.5. The molecule has 1 aromatic heterocycles. The van der Waals surface area contributed by atoms with Crippen molar-refractivity contribution >= 4 is 17.2 Å². The summed E-state index contributed by atoms with van der Waals surface area (Å²) >= 11 is 1.10. The maximum Gasteiger partial charge on any atom is 0.307 e. The molecule has 1 amide bonds. The average molecular weight is 368 g/mol. The van der Waals surface area contributed by atoms with Gasteiger partial charge in [0.15, 0.2) is 0 Å². The summed E-state index contributed by atoms with van der Waals surface area (Å²) < 4.78 is 7.31. The van der Waals surface area contributed by atoms with Crippen LogP contribution < -0.4 is 14.9 Å². The lowest BCUT2D eigenvalue weighted by molar-refractivity contribution is -0.121. The van der Waals surface area contributed by atoms with Crippen molar-refractivity contribution in [1.29, 1.82) is 0 Å². The van der Waals surface area contributed by atoms with Gasteiger partial charge in [-0.15, -0.1) is 0 Å². The van der Waals surface area contributed by atoms with E-state index >= 15 is 0 Å². The molecule has 0 aliphatic carbocycles. The number of para-hydroxylation sites is 1. The summed E-state index contributed by atoms with van der Waals surface area (Å²) in [5.74, 6) is 0.575. The Balaban J connectivity index is 1.53. The zero-order valence-electron chi connectivity index (χ0n) is 14.5. The van der Waals surface area contributed by atoms with E-state index in [4.69, 9.17) is 4.74 Å². The number of amides is 1. The summed E-state index contributed by atoms with van der Waals surface area (Å²) in [7, 11) is 0. The third-order valence-corrected chi connectivity index (χ3v) is 4.81. The van der Waals surface area contributed by atoms with Crippen LogP contribution in [0.2, 0.25) is 0 Å². The summed E-state index contributed by atoms with van der Waals surface area (Å²) in [6, 6.07) is 17.8. The van der Waals surface area contributed by atoms with Crippen LogP contribution in [-0.2, 0) is 11.3 Å². The summed E-state index contributed by atoms with van der Waals surface area (Å²) in [5.41, 5.74) is 2.89. The van der Waals surface area contributed by atoms with Crippen LogP contribution in [0.4, 0.5) is 0 Å². The fraction of sp³-hybridized carbons (Fsp3) is 0.200. The summed E-state index contributed by atoms with van der Waals surface area (Å²) in [4.78, 5) is 23.5. The topological polar surface area (TPSA) is 60.3 Å². The Morgan fingerprint density at radius 3 is 2.58 bits per heavy atom. The number of carbonyl (C=O) groups is 1. The van der Waals surface area contributed by atoms with E-state index in [0.717, 1.165) is 33.9 Å². The van der Waals surface area contributed by atoms with Crippen molar-refractivity contribution in [2.75, 3.05) is 13.2 Å². The van der Waals surface area contributed by atoms with E-state index in [1.165, 1.54) is 4.57 Å². The zero-order chi connectivity index (χ0) is 18.4. The number of carbonyl (C=O) groups excluding carboxylic acids is 1. The second-order valence-electron chi connectivity index (χ2n) is 5.79. The number of benzene rings is 2. The predicted molar refractivity (Wildman–Crippen MR) is 104 cm³/mol. The molecule has 6 heteroatoms. The van der Waals surface area contributed by atoms with Crippen LogP contribution in [0.1, 0.15) is 5.69 Å². The predicted octanol–water partition coefficient (Wildman–Crippen LogP) is 3.08. The van der Waals surface area contributed by atoms with E-state index < -0.39 is 0 Å². The van der Waals surface area contributed by atoms with Gasteiger partial charge in [0.2, 0.25) is 5.91 Å². The molecule has 0 bridgehead atoms. The van der Waals surface area contributed by atoms with Crippen LogP contribution >= 0.6 is 11.3 Å². The van der Waals surface area contributed by atoms with E-state index in [-0.39, 0.29) is 17.3 Å². The van der Waals surface area contributed by atoms with Crippen LogP contribution in [0.25, 0.3) is 11.1 Å². The Morgan fingerprint density at radius 1 is 1.12 bits per heavy atom. The molecule has 0 aliphatic heterocycles. The van der Waals surface area contributed by atoms with Gasteiger partial charge < -0.3 is 10.1 Å². The first-order valence-corrected chi connectivity index (χ1v) is 9.22. The van der Waals surface area contributed by atoms with Gasteiger partial charge >= 0.3 is 4.87 Å². The number of rotatable bonds is 7. The Bertz CT molecular complexity index is 931. The molecule has 0 saturated heterocycles. The highest BCUT2D eigenvalue weighted by Crippen LogP contribution is 2.29. The molecule has 2 aromatic carbocycles. The van der Waals surface area contributed by atoms with E-state index in [1.807, 2.05) is 61.5 Å². The smallest absolute Gasteiger partial charge is 0.307 e. The molecule has 3 aromatic rings. The molecule has 3 rings (SSSR count). The number of ether oxygens (including phenoxy) is 1. The molecule has 0 saturated carbocycles. The maximum atomic E-state index is 12.0. The largest absolute Gasteiger partial charge is 0.491 e. The molecule has 1 N–H and O–H groups in total. The van der Waals surface area contributed by atoms with Gasteiger partial charge in [0.25, 0.3) is 0 Å². The number of aryl methyl sites for hydroxylation is 1. The van der Waals surface area contributed by atoms with E-state index in [9.17, 15) is 9.59 Å². The van der Waals surface area contributed by atoms with E-state index in [1.54, 1.807) is 5.38 Å². The molecular weight excluding hydrogens is 348 g/mol. The van der Waals surface area contributed by atoms with Gasteiger partial charge in [-0.25, -0.2) is 0 Å². The Hall–Kier alpha value is -2.86. The number of thiazole rings is 1. The van der Waals surface area contributed by atoms with Gasteiger partial charge in [-0.3, -0.25) is 14.2 Å². The summed E-state index contributed by atoms with van der Waals surface area (Å²) in [5, 5.41) is 4.54. The fourth-order valence-corrected chi connectivity index (χ4v) is 3.33. The van der Waals surface area contributed by atoms with Crippen molar-refractivity contribution in [3.05, 3.63) is 75.3 Å². The van der Waals surface area contributed by atoms with Crippen molar-refractivity contribution in [3.63, 3.8) is 0 Å². The Morgan fingerprint density at radius 2 is 1.85 bits per heavy atom. The summed E-state index contributed by atoms with van der Waals surface area (Å²) in [6.07, 6.45) is 0. The van der Waals surface area contributed by atoms with Gasteiger partial charge in [0, 0.05) is 16.6 Å². The maximum absolute atomic E-state index is 12.0. The monoisotopic (exact) mass is 368 g/mol. The molecule has 134 valence electrons. The lowest BCUT2D eigenvalue weighted by atomic mass is 10.1. The zero-order valence-corrected chi connectivity index (χ0v) is 15.3. The van der Waals surface area contributed by atoms with Crippen molar-refractivity contribution < 1.29 is 9.53 Å². The van der Waals surface area contributed by atoms with Gasteiger partial charge in [-0.05, 0) is 18.6 Å². The van der Waals surface area contributed by atoms with Crippen molar-refractivity contribution in [1.82, 2.24) is 9.88 Å². The number of aromatic nitrogens is 1. The van der Waals surface area contributed by atoms with Crippen LogP contribution in [0, 0.1) is 6.92 Å². The minimum atomic E-state index is -0.200. The van der Waals surface area contributed by atoms with Crippen LogP contribution in [0.15, 0.2) is 64.8 Å². The molecule has 0 fully saturated rings. The van der Waals surface area contributed by atoms with Crippen molar-refractivity contribution in [3.8, 4) is 16.9 Å². The molecule has 26 heavy (non-hydrogen) atoms. The molecule has 0 radical (unpaired) electrons. The SMILES string of the molecule is Cc1csc(=O)n1CC(=O)NCCOc1ccccc1-c1ccccc1. The highest BCUT2D eigenvalue weighted by atomic mass is 32.1. The van der Waals surface area contributed by atoms with Crippen LogP contribution in [0.3, 0.4) is 0 Å². The molecule has 0 aliphatic rings. The molecule has 0 spiro atoms. The number of hydrogen-bond donors (Lipinski definition) is 1. The number of nitrogens with one attached hydrogen (secondary N) is 1. The number of hydrogen-bond acceptors (Lipinski definition) is 4. The second-order valence-corrected chi connectivity index (χ2v) is 6.61.